The summed E-state index contributed by atoms with van der Waals surface area (Å²) in [6.07, 6.45) is 0.327. The molecule has 0 fully saturated rings. The van der Waals surface area contributed by atoms with Crippen molar-refractivity contribution in [2.24, 2.45) is 0 Å². The van der Waals surface area contributed by atoms with Crippen LogP contribution in [0.5, 0.6) is 5.75 Å². The molecule has 3 nitrogen and oxygen atoms in total. The number of aryl methyl sites for hydroxylation is 1. The fraction of sp³-hybridized carbons (Fsp3) is 0.412. The van der Waals surface area contributed by atoms with Gasteiger partial charge in [0.25, 0.3) is 0 Å². The molecule has 1 atom stereocenters. The Hall–Kier alpha value is -1.74. The smallest absolute Gasteiger partial charge is 0.119 e. The second-order valence-corrected chi connectivity index (χ2v) is 5.24. The summed E-state index contributed by atoms with van der Waals surface area (Å²) in [5.41, 5.74) is 5.15. The Kier molecular flexibility index (Phi) is 4.50. The Balaban J connectivity index is 2.28. The summed E-state index contributed by atoms with van der Waals surface area (Å²) in [7, 11) is 0. The van der Waals surface area contributed by atoms with Crippen molar-refractivity contribution in [3.63, 3.8) is 0 Å². The van der Waals surface area contributed by atoms with Gasteiger partial charge in [-0.05, 0) is 56.0 Å². The monoisotopic (exact) mass is 273 g/mol. The highest BCUT2D eigenvalue weighted by molar-refractivity contribution is 5.40. The number of nitrogens with one attached hydrogen (secondary N) is 1. The van der Waals surface area contributed by atoms with Gasteiger partial charge in [-0.15, -0.1) is 0 Å². The zero-order valence-electron chi connectivity index (χ0n) is 12.7. The van der Waals surface area contributed by atoms with Crippen LogP contribution in [0.2, 0.25) is 0 Å². The minimum atomic E-state index is -0.646. The van der Waals surface area contributed by atoms with Gasteiger partial charge >= 0.3 is 0 Å². The Morgan fingerprint density at radius 3 is 2.55 bits per heavy atom. The van der Waals surface area contributed by atoms with E-state index in [-0.39, 0.29) is 0 Å². The van der Waals surface area contributed by atoms with Crippen LogP contribution in [0.4, 0.5) is 0 Å². The molecule has 0 saturated heterocycles. The van der Waals surface area contributed by atoms with Crippen LogP contribution in [0.3, 0.4) is 0 Å². The Labute approximate surface area is 120 Å². The average Bonchev–Trinajstić information content (AvgIpc) is 2.72. The standard InChI is InChI=1S/C17H23NO2/c1-5-9-20-15-8-6-7-14(10-15)17(19)16-12(3)11(2)13(4)18-16/h6-8,10,17-19H,5,9H2,1-4H3. The fourth-order valence-electron chi connectivity index (χ4n) is 2.31. The van der Waals surface area contributed by atoms with Gasteiger partial charge in [0, 0.05) is 5.69 Å². The van der Waals surface area contributed by atoms with Crippen LogP contribution in [0.15, 0.2) is 24.3 Å². The van der Waals surface area contributed by atoms with Crippen LogP contribution >= 0.6 is 0 Å². The van der Waals surface area contributed by atoms with Gasteiger partial charge in [-0.2, -0.15) is 0 Å². The van der Waals surface area contributed by atoms with Crippen molar-refractivity contribution in [1.82, 2.24) is 4.98 Å². The van der Waals surface area contributed by atoms with E-state index in [4.69, 9.17) is 4.74 Å². The number of aliphatic hydroxyl groups is 1. The minimum absolute atomic E-state index is 0.646. The number of ether oxygens (including phenoxy) is 1. The molecule has 1 aromatic carbocycles. The van der Waals surface area contributed by atoms with Crippen LogP contribution in [-0.4, -0.2) is 16.7 Å². The molecule has 0 amide bonds. The Bertz CT molecular complexity index is 587. The first-order valence-corrected chi connectivity index (χ1v) is 7.11. The predicted molar refractivity (Wildman–Crippen MR) is 81.3 cm³/mol. The van der Waals surface area contributed by atoms with E-state index >= 15 is 0 Å². The molecule has 0 aliphatic rings. The molecule has 0 radical (unpaired) electrons. The fourth-order valence-corrected chi connectivity index (χ4v) is 2.31. The predicted octanol–water partition coefficient (Wildman–Crippen LogP) is 3.81. The molecule has 0 bridgehead atoms. The molecule has 3 heteroatoms. The van der Waals surface area contributed by atoms with Crippen molar-refractivity contribution >= 4 is 0 Å². The summed E-state index contributed by atoms with van der Waals surface area (Å²) < 4.78 is 5.62. The maximum atomic E-state index is 10.6. The van der Waals surface area contributed by atoms with Gasteiger partial charge in [0.05, 0.1) is 12.3 Å². The molecular formula is C17H23NO2. The first kappa shape index (κ1) is 14.7. The normalized spacial score (nSPS) is 12.4. The second kappa shape index (κ2) is 6.14. The quantitative estimate of drug-likeness (QED) is 0.870. The number of H-pyrrole nitrogens is 1. The highest BCUT2D eigenvalue weighted by Crippen LogP contribution is 2.29. The summed E-state index contributed by atoms with van der Waals surface area (Å²) in [5, 5.41) is 10.6. The maximum Gasteiger partial charge on any atom is 0.119 e. The first-order chi connectivity index (χ1) is 9.54. The van der Waals surface area contributed by atoms with Gasteiger partial charge in [-0.1, -0.05) is 19.1 Å². The van der Waals surface area contributed by atoms with Gasteiger partial charge in [-0.25, -0.2) is 0 Å². The summed E-state index contributed by atoms with van der Waals surface area (Å²) in [5.74, 6) is 0.807. The largest absolute Gasteiger partial charge is 0.494 e. The molecule has 0 spiro atoms. The minimum Gasteiger partial charge on any atom is -0.494 e. The van der Waals surface area contributed by atoms with Crippen LogP contribution in [-0.2, 0) is 0 Å². The number of aromatic amines is 1. The summed E-state index contributed by atoms with van der Waals surface area (Å²) >= 11 is 0. The van der Waals surface area contributed by atoms with E-state index in [0.29, 0.717) is 6.61 Å². The number of benzene rings is 1. The molecule has 20 heavy (non-hydrogen) atoms. The van der Waals surface area contributed by atoms with Gasteiger partial charge in [0.1, 0.15) is 11.9 Å². The van der Waals surface area contributed by atoms with Gasteiger partial charge in [0.2, 0.25) is 0 Å². The Morgan fingerprint density at radius 1 is 1.20 bits per heavy atom. The van der Waals surface area contributed by atoms with E-state index in [1.165, 1.54) is 5.56 Å². The first-order valence-electron chi connectivity index (χ1n) is 7.11. The SMILES string of the molecule is CCCOc1cccc(C(O)c2[nH]c(C)c(C)c2C)c1. The molecule has 2 rings (SSSR count). The van der Waals surface area contributed by atoms with Crippen LogP contribution < -0.4 is 4.74 Å². The maximum absolute atomic E-state index is 10.6. The Morgan fingerprint density at radius 2 is 1.95 bits per heavy atom. The second-order valence-electron chi connectivity index (χ2n) is 5.24. The summed E-state index contributed by atoms with van der Waals surface area (Å²) in [4.78, 5) is 3.28. The van der Waals surface area contributed by atoms with Crippen molar-refractivity contribution in [1.29, 1.82) is 0 Å². The highest BCUT2D eigenvalue weighted by atomic mass is 16.5. The lowest BCUT2D eigenvalue weighted by Crippen LogP contribution is -2.03. The molecule has 1 unspecified atom stereocenters. The topological polar surface area (TPSA) is 45.2 Å². The third kappa shape index (κ3) is 2.88. The zero-order valence-corrected chi connectivity index (χ0v) is 12.7. The van der Waals surface area contributed by atoms with Gasteiger partial charge in [-0.3, -0.25) is 0 Å². The van der Waals surface area contributed by atoms with E-state index in [1.807, 2.05) is 38.1 Å². The van der Waals surface area contributed by atoms with Gasteiger partial charge in [0.15, 0.2) is 0 Å². The van der Waals surface area contributed by atoms with Gasteiger partial charge < -0.3 is 14.8 Å². The number of hydrogen-bond donors (Lipinski definition) is 2. The number of rotatable bonds is 5. The van der Waals surface area contributed by atoms with E-state index in [1.54, 1.807) is 0 Å². The number of hydrogen-bond acceptors (Lipinski definition) is 2. The van der Waals surface area contributed by atoms with Crippen LogP contribution in [0.1, 0.15) is 47.5 Å². The van der Waals surface area contributed by atoms with E-state index in [9.17, 15) is 5.11 Å². The van der Waals surface area contributed by atoms with Crippen molar-refractivity contribution in [3.8, 4) is 5.75 Å². The third-order valence-corrected chi connectivity index (χ3v) is 3.77. The summed E-state index contributed by atoms with van der Waals surface area (Å²) in [6.45, 7) is 8.90. The van der Waals surface area contributed by atoms with E-state index in [2.05, 4.69) is 18.8 Å². The molecular weight excluding hydrogens is 250 g/mol. The summed E-state index contributed by atoms with van der Waals surface area (Å²) in [6, 6.07) is 7.67. The molecule has 2 N–H and O–H groups in total. The van der Waals surface area contributed by atoms with Crippen molar-refractivity contribution in [2.75, 3.05) is 6.61 Å². The van der Waals surface area contributed by atoms with E-state index in [0.717, 1.165) is 34.7 Å². The number of aromatic nitrogens is 1. The van der Waals surface area contributed by atoms with Crippen LogP contribution in [0, 0.1) is 20.8 Å². The molecule has 0 aliphatic carbocycles. The van der Waals surface area contributed by atoms with Crippen LogP contribution in [0.25, 0.3) is 0 Å². The highest BCUT2D eigenvalue weighted by Gasteiger charge is 2.17. The average molecular weight is 273 g/mol. The van der Waals surface area contributed by atoms with Crippen molar-refractivity contribution < 1.29 is 9.84 Å². The van der Waals surface area contributed by atoms with Crippen molar-refractivity contribution in [3.05, 3.63) is 52.3 Å². The number of aliphatic hydroxyl groups excluding tert-OH is 1. The molecule has 2 aromatic rings. The van der Waals surface area contributed by atoms with E-state index < -0.39 is 6.10 Å². The molecule has 0 aliphatic heterocycles. The molecule has 1 aromatic heterocycles. The molecule has 108 valence electrons. The zero-order chi connectivity index (χ0) is 14.7. The lowest BCUT2D eigenvalue weighted by Gasteiger charge is -2.13. The lowest BCUT2D eigenvalue weighted by atomic mass is 10.0. The molecule has 0 saturated carbocycles. The third-order valence-electron chi connectivity index (χ3n) is 3.77. The molecule has 1 heterocycles. The van der Waals surface area contributed by atoms with Crippen molar-refractivity contribution in [2.45, 2.75) is 40.2 Å². The lowest BCUT2D eigenvalue weighted by molar-refractivity contribution is 0.214.